The minimum absolute atomic E-state index is 0.169. The molecule has 1 heterocycles. The number of carbonyl (C=O) groups is 1. The highest BCUT2D eigenvalue weighted by molar-refractivity contribution is 8.00. The van der Waals surface area contributed by atoms with Crippen molar-refractivity contribution in [1.82, 2.24) is 9.62 Å². The number of hydrogen-bond donors (Lipinski definition) is 1. The van der Waals surface area contributed by atoms with Crippen LogP contribution in [0.5, 0.6) is 5.75 Å². The van der Waals surface area contributed by atoms with Gasteiger partial charge in [-0.1, -0.05) is 0 Å². The molecule has 150 valence electrons. The lowest BCUT2D eigenvalue weighted by Crippen LogP contribution is -2.47. The van der Waals surface area contributed by atoms with Gasteiger partial charge in [0.25, 0.3) is 0 Å². The van der Waals surface area contributed by atoms with Gasteiger partial charge >= 0.3 is 0 Å². The van der Waals surface area contributed by atoms with E-state index >= 15 is 0 Å². The first kappa shape index (κ1) is 20.4. The second kappa shape index (κ2) is 9.27. The third-order valence-electron chi connectivity index (χ3n) is 4.54. The quantitative estimate of drug-likeness (QED) is 0.587. The maximum atomic E-state index is 13.0. The molecule has 1 aromatic carbocycles. The van der Waals surface area contributed by atoms with Crippen LogP contribution in [-0.2, 0) is 19.6 Å². The van der Waals surface area contributed by atoms with E-state index in [2.05, 4.69) is 5.32 Å². The van der Waals surface area contributed by atoms with Crippen molar-refractivity contribution in [1.29, 1.82) is 0 Å². The van der Waals surface area contributed by atoms with Gasteiger partial charge in [-0.05, 0) is 49.9 Å². The van der Waals surface area contributed by atoms with Gasteiger partial charge in [0.2, 0.25) is 15.9 Å². The van der Waals surface area contributed by atoms with Crippen molar-refractivity contribution in [2.45, 2.75) is 30.7 Å². The zero-order valence-corrected chi connectivity index (χ0v) is 17.1. The van der Waals surface area contributed by atoms with Gasteiger partial charge in [-0.2, -0.15) is 4.31 Å². The second-order valence-electron chi connectivity index (χ2n) is 6.61. The van der Waals surface area contributed by atoms with Crippen molar-refractivity contribution in [3.05, 3.63) is 24.3 Å². The van der Waals surface area contributed by atoms with Gasteiger partial charge in [0.05, 0.1) is 17.4 Å². The van der Waals surface area contributed by atoms with Crippen molar-refractivity contribution >= 4 is 27.7 Å². The molecule has 1 atom stereocenters. The fourth-order valence-electron chi connectivity index (χ4n) is 2.76. The SMILES string of the molecule is CCOCCOc1ccc(S(=O)(=O)N2CSCC2C(=O)NCC2CC2)cc1. The number of amides is 1. The zero-order chi connectivity index (χ0) is 19.3. The molecule has 0 aromatic heterocycles. The highest BCUT2D eigenvalue weighted by Crippen LogP contribution is 2.30. The van der Waals surface area contributed by atoms with Gasteiger partial charge in [0, 0.05) is 18.9 Å². The first-order chi connectivity index (χ1) is 13.0. The van der Waals surface area contributed by atoms with Crippen molar-refractivity contribution in [2.24, 2.45) is 5.92 Å². The third-order valence-corrected chi connectivity index (χ3v) is 7.58. The number of hydrogen-bond acceptors (Lipinski definition) is 6. The summed E-state index contributed by atoms with van der Waals surface area (Å²) in [6.45, 7) is 4.08. The molecule has 1 amide bonds. The van der Waals surface area contributed by atoms with Crippen LogP contribution in [0.25, 0.3) is 0 Å². The normalized spacial score (nSPS) is 20.6. The molecule has 9 heteroatoms. The van der Waals surface area contributed by atoms with Crippen molar-refractivity contribution in [3.63, 3.8) is 0 Å². The van der Waals surface area contributed by atoms with E-state index in [1.807, 2.05) is 6.92 Å². The predicted octanol–water partition coefficient (Wildman–Crippen LogP) is 1.69. The lowest BCUT2D eigenvalue weighted by atomic mass is 10.3. The molecule has 1 aromatic rings. The van der Waals surface area contributed by atoms with Crippen LogP contribution in [0.1, 0.15) is 19.8 Å². The molecule has 0 bridgehead atoms. The van der Waals surface area contributed by atoms with Crippen LogP contribution >= 0.6 is 11.8 Å². The van der Waals surface area contributed by atoms with Gasteiger partial charge < -0.3 is 14.8 Å². The van der Waals surface area contributed by atoms with Crippen LogP contribution in [-0.4, -0.2) is 62.7 Å². The summed E-state index contributed by atoms with van der Waals surface area (Å²) in [5.41, 5.74) is 0. The molecule has 1 N–H and O–H groups in total. The molecule has 7 nitrogen and oxygen atoms in total. The number of nitrogens with one attached hydrogen (secondary N) is 1. The molecule has 0 spiro atoms. The van der Waals surface area contributed by atoms with Crippen molar-refractivity contribution in [3.8, 4) is 5.75 Å². The Morgan fingerprint density at radius 2 is 2.00 bits per heavy atom. The van der Waals surface area contributed by atoms with Gasteiger partial charge in [-0.25, -0.2) is 8.42 Å². The van der Waals surface area contributed by atoms with Crippen molar-refractivity contribution < 1.29 is 22.7 Å². The molecule has 1 saturated carbocycles. The summed E-state index contributed by atoms with van der Waals surface area (Å²) in [4.78, 5) is 12.6. The number of rotatable bonds is 10. The van der Waals surface area contributed by atoms with E-state index in [4.69, 9.17) is 9.47 Å². The number of nitrogens with zero attached hydrogens (tertiary/aromatic N) is 1. The monoisotopic (exact) mass is 414 g/mol. The Morgan fingerprint density at radius 1 is 1.26 bits per heavy atom. The smallest absolute Gasteiger partial charge is 0.244 e. The molecule has 1 saturated heterocycles. The Kier molecular flexibility index (Phi) is 7.02. The standard InChI is InChI=1S/C18H26N2O5S2/c1-2-24-9-10-25-15-5-7-16(8-6-15)27(22,23)20-13-26-12-17(20)18(21)19-11-14-3-4-14/h5-8,14,17H,2-4,9-13H2,1H3,(H,19,21). The lowest BCUT2D eigenvalue weighted by Gasteiger charge is -2.22. The van der Waals surface area contributed by atoms with E-state index < -0.39 is 16.1 Å². The van der Waals surface area contributed by atoms with Crippen LogP contribution in [0.2, 0.25) is 0 Å². The molecule has 27 heavy (non-hydrogen) atoms. The topological polar surface area (TPSA) is 84.9 Å². The summed E-state index contributed by atoms with van der Waals surface area (Å²) < 4.78 is 38.0. The third kappa shape index (κ3) is 5.37. The summed E-state index contributed by atoms with van der Waals surface area (Å²) in [6, 6.07) is 5.65. The Bertz CT molecular complexity index is 735. The summed E-state index contributed by atoms with van der Waals surface area (Å²) >= 11 is 1.46. The van der Waals surface area contributed by atoms with Crippen LogP contribution in [0.15, 0.2) is 29.2 Å². The number of benzene rings is 1. The van der Waals surface area contributed by atoms with Gasteiger partial charge in [-0.15, -0.1) is 11.8 Å². The van der Waals surface area contributed by atoms with E-state index in [9.17, 15) is 13.2 Å². The molecule has 3 rings (SSSR count). The molecule has 1 aliphatic heterocycles. The number of ether oxygens (including phenoxy) is 2. The molecule has 1 aliphatic carbocycles. The molecular weight excluding hydrogens is 388 g/mol. The van der Waals surface area contributed by atoms with Crippen LogP contribution in [0.4, 0.5) is 0 Å². The molecular formula is C18H26N2O5S2. The Hall–Kier alpha value is -1.29. The van der Waals surface area contributed by atoms with E-state index in [0.29, 0.717) is 43.8 Å². The van der Waals surface area contributed by atoms with E-state index in [-0.39, 0.29) is 16.7 Å². The number of carbonyl (C=O) groups excluding carboxylic acids is 1. The largest absolute Gasteiger partial charge is 0.491 e. The Balaban J connectivity index is 1.62. The van der Waals surface area contributed by atoms with Gasteiger partial charge in [0.1, 0.15) is 18.4 Å². The molecule has 2 aliphatic rings. The second-order valence-corrected chi connectivity index (χ2v) is 9.50. The van der Waals surface area contributed by atoms with E-state index in [0.717, 1.165) is 12.8 Å². The number of thioether (sulfide) groups is 1. The minimum Gasteiger partial charge on any atom is -0.491 e. The zero-order valence-electron chi connectivity index (χ0n) is 15.4. The Labute approximate surface area is 164 Å². The number of sulfonamides is 1. The lowest BCUT2D eigenvalue weighted by molar-refractivity contribution is -0.123. The average molecular weight is 415 g/mol. The molecule has 0 radical (unpaired) electrons. The van der Waals surface area contributed by atoms with Crippen molar-refractivity contribution in [2.75, 3.05) is 38.0 Å². The van der Waals surface area contributed by atoms with Crippen LogP contribution < -0.4 is 10.1 Å². The fourth-order valence-corrected chi connectivity index (χ4v) is 5.91. The highest BCUT2D eigenvalue weighted by Gasteiger charge is 2.40. The van der Waals surface area contributed by atoms with E-state index in [1.54, 1.807) is 12.1 Å². The average Bonchev–Trinajstić information content (AvgIpc) is 3.36. The first-order valence-corrected chi connectivity index (χ1v) is 11.8. The minimum atomic E-state index is -3.73. The maximum Gasteiger partial charge on any atom is 0.244 e. The molecule has 1 unspecified atom stereocenters. The van der Waals surface area contributed by atoms with Crippen LogP contribution in [0.3, 0.4) is 0 Å². The molecule has 2 fully saturated rings. The summed E-state index contributed by atoms with van der Waals surface area (Å²) in [6.07, 6.45) is 2.28. The Morgan fingerprint density at radius 3 is 2.67 bits per heavy atom. The predicted molar refractivity (Wildman–Crippen MR) is 104 cm³/mol. The van der Waals surface area contributed by atoms with Crippen LogP contribution in [0, 0.1) is 5.92 Å². The van der Waals surface area contributed by atoms with E-state index in [1.165, 1.54) is 28.2 Å². The first-order valence-electron chi connectivity index (χ1n) is 9.20. The highest BCUT2D eigenvalue weighted by atomic mass is 32.2. The summed E-state index contributed by atoms with van der Waals surface area (Å²) in [5, 5.41) is 2.89. The van der Waals surface area contributed by atoms with Gasteiger partial charge in [0.15, 0.2) is 0 Å². The summed E-state index contributed by atoms with van der Waals surface area (Å²) in [7, 11) is -3.73. The summed E-state index contributed by atoms with van der Waals surface area (Å²) in [5.74, 6) is 1.71. The van der Waals surface area contributed by atoms with Gasteiger partial charge in [-0.3, -0.25) is 4.79 Å². The maximum absolute atomic E-state index is 13.0. The fraction of sp³-hybridized carbons (Fsp3) is 0.611.